The number of benzene rings is 3. The lowest BCUT2D eigenvalue weighted by Crippen LogP contribution is -2.26. The second-order valence-electron chi connectivity index (χ2n) is 8.40. The number of halogens is 1. The molecule has 2 N–H and O–H groups in total. The van der Waals surface area contributed by atoms with Crippen LogP contribution in [0.15, 0.2) is 83.9 Å². The molecule has 0 aliphatic carbocycles. The van der Waals surface area contributed by atoms with Gasteiger partial charge in [-0.05, 0) is 48.0 Å². The Morgan fingerprint density at radius 1 is 1.05 bits per heavy atom. The van der Waals surface area contributed by atoms with Gasteiger partial charge in [0.15, 0.2) is 0 Å². The molecule has 37 heavy (non-hydrogen) atoms. The third kappa shape index (κ3) is 5.24. The largest absolute Gasteiger partial charge is 0.341 e. The fraction of sp³-hybridized carbons (Fsp3) is 0.111. The van der Waals surface area contributed by atoms with Crippen LogP contribution >= 0.6 is 0 Å². The first-order valence-electron chi connectivity index (χ1n) is 11.4. The first-order chi connectivity index (χ1) is 17.9. The minimum atomic E-state index is -1.92. The summed E-state index contributed by atoms with van der Waals surface area (Å²) in [4.78, 5) is 35.9. The summed E-state index contributed by atoms with van der Waals surface area (Å²) in [7, 11) is -0.172. The standard InChI is InChI=1S/C27H22FN5O3S/c1-33-23-5-3-2-4-22(23)25-18(14-24(33)34)16-29-26(32-25)31-20-10-12-21(13-11-20)37(36)27(35)30-15-17-6-8-19(28)9-7-17/h2-13,16H,14-15H2,1H3,(H,30,35)(H,29,31,32). The topological polar surface area (TPSA) is 104 Å². The maximum Gasteiger partial charge on any atom is 0.314 e. The smallest absolute Gasteiger partial charge is 0.314 e. The van der Waals surface area contributed by atoms with E-state index in [4.69, 9.17) is 0 Å². The third-order valence-corrected chi connectivity index (χ3v) is 7.13. The first kappa shape index (κ1) is 24.3. The molecule has 1 unspecified atom stereocenters. The predicted molar refractivity (Wildman–Crippen MR) is 139 cm³/mol. The van der Waals surface area contributed by atoms with Gasteiger partial charge in [0.1, 0.15) is 16.6 Å². The molecule has 3 aromatic carbocycles. The van der Waals surface area contributed by atoms with Crippen LogP contribution in [0.1, 0.15) is 11.1 Å². The SMILES string of the molecule is CN1C(=O)Cc2cnc(Nc3ccc(S(=O)C(=O)NCc4ccc(F)cc4)cc3)nc2-c2ccccc21. The highest BCUT2D eigenvalue weighted by Crippen LogP contribution is 2.35. The number of likely N-dealkylation sites (N-methyl/N-ethyl adjacent to an activating group) is 1. The van der Waals surface area contributed by atoms with Gasteiger partial charge in [-0.15, -0.1) is 0 Å². The summed E-state index contributed by atoms with van der Waals surface area (Å²) in [6.07, 6.45) is 1.85. The molecule has 5 rings (SSSR count). The molecule has 186 valence electrons. The second-order valence-corrected chi connectivity index (χ2v) is 9.78. The average Bonchev–Trinajstić information content (AvgIpc) is 3.02. The lowest BCUT2D eigenvalue weighted by Gasteiger charge is -2.16. The molecule has 1 atom stereocenters. The highest BCUT2D eigenvalue weighted by atomic mass is 32.2. The van der Waals surface area contributed by atoms with Crippen LogP contribution in [-0.2, 0) is 28.6 Å². The van der Waals surface area contributed by atoms with E-state index in [1.807, 2.05) is 24.3 Å². The summed E-state index contributed by atoms with van der Waals surface area (Å²) in [5, 5.41) is 5.08. The van der Waals surface area contributed by atoms with Gasteiger partial charge in [0.05, 0.1) is 17.8 Å². The molecule has 0 fully saturated rings. The van der Waals surface area contributed by atoms with Crippen LogP contribution in [0.4, 0.5) is 26.5 Å². The molecule has 10 heteroatoms. The number of anilines is 3. The molecular formula is C27H22FN5O3S. The Hall–Kier alpha value is -4.44. The number of para-hydroxylation sites is 1. The summed E-state index contributed by atoms with van der Waals surface area (Å²) in [5.74, 6) is -0.0616. The van der Waals surface area contributed by atoms with E-state index in [0.717, 1.165) is 16.8 Å². The molecule has 0 saturated heterocycles. The van der Waals surface area contributed by atoms with Gasteiger partial charge in [-0.1, -0.05) is 30.3 Å². The Bertz CT molecular complexity index is 1510. The number of aromatic nitrogens is 2. The van der Waals surface area contributed by atoms with Crippen molar-refractivity contribution in [1.82, 2.24) is 15.3 Å². The van der Waals surface area contributed by atoms with Crippen molar-refractivity contribution in [3.8, 4) is 11.3 Å². The summed E-state index contributed by atoms with van der Waals surface area (Å²) >= 11 is 0. The number of fused-ring (bicyclic) bond motifs is 3. The zero-order valence-electron chi connectivity index (χ0n) is 19.8. The molecule has 2 heterocycles. The van der Waals surface area contributed by atoms with Crippen molar-refractivity contribution in [3.05, 3.63) is 95.9 Å². The Morgan fingerprint density at radius 2 is 1.78 bits per heavy atom. The molecule has 0 bridgehead atoms. The van der Waals surface area contributed by atoms with E-state index in [1.165, 1.54) is 12.1 Å². The van der Waals surface area contributed by atoms with Crippen LogP contribution in [0.25, 0.3) is 11.3 Å². The van der Waals surface area contributed by atoms with E-state index < -0.39 is 16.0 Å². The van der Waals surface area contributed by atoms with Gasteiger partial charge in [0.25, 0.3) is 0 Å². The first-order valence-corrected chi connectivity index (χ1v) is 12.6. The highest BCUT2D eigenvalue weighted by Gasteiger charge is 2.24. The Kier molecular flexibility index (Phi) is 6.74. The van der Waals surface area contributed by atoms with Crippen molar-refractivity contribution in [2.45, 2.75) is 17.9 Å². The molecule has 1 aliphatic heterocycles. The molecule has 0 spiro atoms. The number of carbonyl (C=O) groups is 2. The number of rotatable bonds is 5. The maximum absolute atomic E-state index is 13.0. The van der Waals surface area contributed by atoms with Gasteiger partial charge in [0, 0.05) is 41.5 Å². The molecule has 0 radical (unpaired) electrons. The van der Waals surface area contributed by atoms with E-state index in [-0.39, 0.29) is 24.7 Å². The van der Waals surface area contributed by atoms with Gasteiger partial charge < -0.3 is 15.5 Å². The second kappa shape index (κ2) is 10.3. The van der Waals surface area contributed by atoms with Crippen molar-refractivity contribution in [3.63, 3.8) is 0 Å². The van der Waals surface area contributed by atoms with Crippen molar-refractivity contribution in [2.24, 2.45) is 0 Å². The summed E-state index contributed by atoms with van der Waals surface area (Å²) in [6, 6.07) is 19.8. The van der Waals surface area contributed by atoms with Gasteiger partial charge in [-0.25, -0.2) is 18.6 Å². The van der Waals surface area contributed by atoms with Gasteiger partial charge in [-0.3, -0.25) is 9.59 Å². The Balaban J connectivity index is 1.29. The molecule has 1 aliphatic rings. The van der Waals surface area contributed by atoms with Crippen molar-refractivity contribution in [2.75, 3.05) is 17.3 Å². The van der Waals surface area contributed by atoms with E-state index in [9.17, 15) is 18.2 Å². The van der Waals surface area contributed by atoms with E-state index in [2.05, 4.69) is 20.6 Å². The maximum atomic E-state index is 13.0. The molecule has 4 aromatic rings. The Morgan fingerprint density at radius 3 is 2.54 bits per heavy atom. The van der Waals surface area contributed by atoms with Gasteiger partial charge in [0.2, 0.25) is 11.9 Å². The molecule has 2 amide bonds. The quantitative estimate of drug-likeness (QED) is 0.404. The number of nitrogens with one attached hydrogen (secondary N) is 2. The normalized spacial score (nSPS) is 13.2. The third-order valence-electron chi connectivity index (χ3n) is 5.94. The number of carbonyl (C=O) groups excluding carboxylic acids is 2. The summed E-state index contributed by atoms with van der Waals surface area (Å²) in [5.41, 5.74) is 4.38. The fourth-order valence-electron chi connectivity index (χ4n) is 3.95. The summed E-state index contributed by atoms with van der Waals surface area (Å²) < 4.78 is 25.6. The number of nitrogens with zero attached hydrogens (tertiary/aromatic N) is 3. The molecule has 0 saturated carbocycles. The van der Waals surface area contributed by atoms with Crippen LogP contribution in [0, 0.1) is 5.82 Å². The van der Waals surface area contributed by atoms with Crippen LogP contribution < -0.4 is 15.5 Å². The number of hydrogen-bond acceptors (Lipinski definition) is 6. The van der Waals surface area contributed by atoms with Crippen molar-refractivity contribution in [1.29, 1.82) is 0 Å². The Labute approximate surface area is 215 Å². The van der Waals surface area contributed by atoms with Crippen LogP contribution in [0.3, 0.4) is 0 Å². The number of hydrogen-bond donors (Lipinski definition) is 2. The minimum absolute atomic E-state index is 0.0409. The average molecular weight is 516 g/mol. The monoisotopic (exact) mass is 515 g/mol. The van der Waals surface area contributed by atoms with Crippen molar-refractivity contribution < 1.29 is 18.2 Å². The van der Waals surface area contributed by atoms with Crippen LogP contribution in [0.2, 0.25) is 0 Å². The van der Waals surface area contributed by atoms with Crippen LogP contribution in [0.5, 0.6) is 0 Å². The van der Waals surface area contributed by atoms with Gasteiger partial charge >= 0.3 is 5.24 Å². The van der Waals surface area contributed by atoms with Crippen molar-refractivity contribution >= 4 is 39.3 Å². The molecular weight excluding hydrogens is 493 g/mol. The minimum Gasteiger partial charge on any atom is -0.341 e. The highest BCUT2D eigenvalue weighted by molar-refractivity contribution is 8.00. The van der Waals surface area contributed by atoms with E-state index in [0.29, 0.717) is 27.8 Å². The lowest BCUT2D eigenvalue weighted by atomic mass is 10.1. The van der Waals surface area contributed by atoms with E-state index >= 15 is 0 Å². The van der Waals surface area contributed by atoms with Gasteiger partial charge in [-0.2, -0.15) is 0 Å². The van der Waals surface area contributed by atoms with E-state index in [1.54, 1.807) is 54.5 Å². The predicted octanol–water partition coefficient (Wildman–Crippen LogP) is 4.56. The molecule has 1 aromatic heterocycles. The zero-order valence-corrected chi connectivity index (χ0v) is 20.6. The fourth-order valence-corrected chi connectivity index (χ4v) is 4.75. The van der Waals surface area contributed by atoms with Crippen LogP contribution in [-0.4, -0.2) is 32.4 Å². The molecule has 8 nitrogen and oxygen atoms in total. The lowest BCUT2D eigenvalue weighted by molar-refractivity contribution is -0.117. The zero-order chi connectivity index (χ0) is 25.9. The number of amides is 2. The summed E-state index contributed by atoms with van der Waals surface area (Å²) in [6.45, 7) is 0.144.